The maximum Gasteiger partial charge on any atom is 0.407 e. The van der Waals surface area contributed by atoms with Gasteiger partial charge in [-0.25, -0.2) is 9.39 Å². The topological polar surface area (TPSA) is 135 Å². The number of carbonyl (C=O) groups excluding carboxylic acids is 4. The van der Waals surface area contributed by atoms with Gasteiger partial charge < -0.3 is 29.8 Å². The quantitative estimate of drug-likeness (QED) is 0.202. The van der Waals surface area contributed by atoms with Crippen LogP contribution in [-0.4, -0.2) is 64.7 Å². The molecule has 2 heterocycles. The van der Waals surface area contributed by atoms with Crippen LogP contribution in [0.2, 0.25) is 0 Å². The van der Waals surface area contributed by atoms with Gasteiger partial charge >= 0.3 is 12.0 Å². The number of rotatable bonds is 12. The van der Waals surface area contributed by atoms with Crippen molar-refractivity contribution in [2.75, 3.05) is 37.8 Å². The summed E-state index contributed by atoms with van der Waals surface area (Å²) in [7, 11) is 7.25. The van der Waals surface area contributed by atoms with E-state index >= 15 is 0 Å². The average molecular weight is 553 g/mol. The zero-order valence-electron chi connectivity index (χ0n) is 23.6. The number of ether oxygens (including phenoxy) is 1. The second-order valence-electron chi connectivity index (χ2n) is 10.0. The standard InChI is InChI=1S/C28H37N7O5/c1-6-14-35(4,5)32-27(38)24-16-22(18-34(24)3)31-26(37)23-15-21(17-33(23)2)30-25(36)12-13-29-28(39)40-19-20-10-8-7-9-11-20/h7-11,15-18H,6,12-14,19H2,1-5H3,(H3-,29,30,31,32,36,37,38,39)/p+1. The molecule has 0 fully saturated rings. The van der Waals surface area contributed by atoms with E-state index in [-0.39, 0.29) is 31.4 Å². The molecule has 214 valence electrons. The zero-order valence-corrected chi connectivity index (χ0v) is 23.6. The molecule has 0 radical (unpaired) electrons. The van der Waals surface area contributed by atoms with Crippen molar-refractivity contribution >= 4 is 35.2 Å². The number of alkyl carbamates (subject to hydrolysis) is 1. The van der Waals surface area contributed by atoms with Crippen LogP contribution < -0.4 is 21.4 Å². The van der Waals surface area contributed by atoms with Crippen molar-refractivity contribution in [3.8, 4) is 0 Å². The highest BCUT2D eigenvalue weighted by Gasteiger charge is 2.22. The number of quaternary nitrogens is 1. The van der Waals surface area contributed by atoms with Crippen LogP contribution in [0.5, 0.6) is 0 Å². The Labute approximate surface area is 233 Å². The number of anilines is 2. The summed E-state index contributed by atoms with van der Waals surface area (Å²) in [5, 5.41) is 8.07. The Kier molecular flexibility index (Phi) is 10.1. The van der Waals surface area contributed by atoms with Crippen molar-refractivity contribution in [1.29, 1.82) is 0 Å². The summed E-state index contributed by atoms with van der Waals surface area (Å²) in [4.78, 5) is 49.9. The zero-order chi connectivity index (χ0) is 29.3. The molecule has 0 aliphatic heterocycles. The van der Waals surface area contributed by atoms with E-state index in [2.05, 4.69) is 21.4 Å². The Morgan fingerprint density at radius 3 is 2.10 bits per heavy atom. The summed E-state index contributed by atoms with van der Waals surface area (Å²) < 4.78 is 8.70. The molecule has 0 unspecified atom stereocenters. The number of nitrogens with zero attached hydrogens (tertiary/aromatic N) is 3. The highest BCUT2D eigenvalue weighted by Crippen LogP contribution is 2.18. The van der Waals surface area contributed by atoms with Gasteiger partial charge in [-0.1, -0.05) is 37.3 Å². The summed E-state index contributed by atoms with van der Waals surface area (Å²) in [6, 6.07) is 12.4. The minimum absolute atomic E-state index is 0.0273. The third-order valence-corrected chi connectivity index (χ3v) is 6.04. The molecular weight excluding hydrogens is 514 g/mol. The van der Waals surface area contributed by atoms with Gasteiger partial charge in [-0.15, -0.1) is 0 Å². The lowest BCUT2D eigenvalue weighted by Crippen LogP contribution is -2.55. The van der Waals surface area contributed by atoms with Crippen LogP contribution in [0.15, 0.2) is 54.9 Å². The normalized spacial score (nSPS) is 11.0. The van der Waals surface area contributed by atoms with Gasteiger partial charge in [0, 0.05) is 39.5 Å². The van der Waals surface area contributed by atoms with Gasteiger partial charge in [-0.3, -0.25) is 14.4 Å². The summed E-state index contributed by atoms with van der Waals surface area (Å²) >= 11 is 0. The minimum atomic E-state index is -0.611. The predicted octanol–water partition coefficient (Wildman–Crippen LogP) is 3.00. The third-order valence-electron chi connectivity index (χ3n) is 6.04. The molecule has 0 spiro atoms. The Balaban J connectivity index is 1.49. The van der Waals surface area contributed by atoms with Crippen LogP contribution in [0.4, 0.5) is 16.2 Å². The summed E-state index contributed by atoms with van der Waals surface area (Å²) in [5.74, 6) is -0.973. The fourth-order valence-electron chi connectivity index (χ4n) is 4.14. The van der Waals surface area contributed by atoms with Gasteiger partial charge in [0.2, 0.25) is 5.91 Å². The van der Waals surface area contributed by atoms with E-state index in [9.17, 15) is 19.2 Å². The van der Waals surface area contributed by atoms with Gasteiger partial charge in [0.05, 0.1) is 25.5 Å². The Hall–Kier alpha value is -4.58. The van der Waals surface area contributed by atoms with E-state index < -0.39 is 12.0 Å². The van der Waals surface area contributed by atoms with Crippen LogP contribution in [0.3, 0.4) is 0 Å². The summed E-state index contributed by atoms with van der Waals surface area (Å²) in [6.07, 6.45) is 3.61. The summed E-state index contributed by atoms with van der Waals surface area (Å²) in [6.45, 7) is 3.07. The molecular formula is C28H38N7O5+. The molecule has 1 aromatic carbocycles. The Morgan fingerprint density at radius 1 is 0.875 bits per heavy atom. The van der Waals surface area contributed by atoms with Crippen molar-refractivity contribution in [1.82, 2.24) is 19.9 Å². The van der Waals surface area contributed by atoms with E-state index in [0.717, 1.165) is 18.5 Å². The first-order valence-corrected chi connectivity index (χ1v) is 13.0. The van der Waals surface area contributed by atoms with Gasteiger partial charge in [0.1, 0.15) is 24.5 Å². The molecule has 0 atom stereocenters. The number of aromatic nitrogens is 2. The SMILES string of the molecule is CCC[N+](C)(C)NC(=O)c1cc(NC(=O)c2cc(NC(=O)CCNC(=O)OCc3ccccc3)cn2C)cn1C. The Morgan fingerprint density at radius 2 is 1.48 bits per heavy atom. The molecule has 0 aliphatic rings. The molecule has 4 amide bonds. The van der Waals surface area contributed by atoms with E-state index in [4.69, 9.17) is 4.74 Å². The number of benzene rings is 1. The van der Waals surface area contributed by atoms with Crippen LogP contribution in [-0.2, 0) is 30.2 Å². The lowest BCUT2D eigenvalue weighted by molar-refractivity contribution is -0.924. The fourth-order valence-corrected chi connectivity index (χ4v) is 4.14. The minimum Gasteiger partial charge on any atom is -0.445 e. The van der Waals surface area contributed by atoms with Crippen LogP contribution in [0.1, 0.15) is 46.3 Å². The van der Waals surface area contributed by atoms with Gasteiger partial charge in [0.15, 0.2) is 0 Å². The number of nitrogens with one attached hydrogen (secondary N) is 4. The molecule has 12 heteroatoms. The van der Waals surface area contributed by atoms with Crippen LogP contribution >= 0.6 is 0 Å². The molecule has 0 aliphatic carbocycles. The van der Waals surface area contributed by atoms with E-state index in [0.29, 0.717) is 27.4 Å². The maximum absolute atomic E-state index is 12.9. The number of carbonyl (C=O) groups is 4. The number of amides is 4. The molecule has 0 saturated carbocycles. The van der Waals surface area contributed by atoms with Crippen LogP contribution in [0, 0.1) is 0 Å². The lowest BCUT2D eigenvalue weighted by Gasteiger charge is -2.28. The second-order valence-corrected chi connectivity index (χ2v) is 10.0. The van der Waals surface area contributed by atoms with Crippen molar-refractivity contribution in [3.05, 3.63) is 71.8 Å². The van der Waals surface area contributed by atoms with Gasteiger partial charge in [-0.05, 0) is 24.1 Å². The molecule has 2 aromatic heterocycles. The van der Waals surface area contributed by atoms with Gasteiger partial charge in [0.25, 0.3) is 5.91 Å². The molecule has 4 N–H and O–H groups in total. The largest absolute Gasteiger partial charge is 0.445 e. The van der Waals surface area contributed by atoms with E-state index in [1.165, 1.54) is 0 Å². The van der Waals surface area contributed by atoms with Crippen LogP contribution in [0.25, 0.3) is 0 Å². The highest BCUT2D eigenvalue weighted by molar-refractivity contribution is 6.05. The first-order chi connectivity index (χ1) is 19.0. The predicted molar refractivity (Wildman–Crippen MR) is 151 cm³/mol. The molecule has 3 rings (SSSR count). The number of aryl methyl sites for hydroxylation is 2. The molecule has 40 heavy (non-hydrogen) atoms. The smallest absolute Gasteiger partial charge is 0.407 e. The fraction of sp³-hybridized carbons (Fsp3) is 0.357. The molecule has 0 saturated heterocycles. The lowest BCUT2D eigenvalue weighted by atomic mass is 10.2. The third kappa shape index (κ3) is 8.73. The highest BCUT2D eigenvalue weighted by atomic mass is 16.5. The average Bonchev–Trinajstić information content (AvgIpc) is 3.44. The molecule has 3 aromatic rings. The monoisotopic (exact) mass is 552 g/mol. The summed E-state index contributed by atoms with van der Waals surface area (Å²) in [5.41, 5.74) is 5.46. The van der Waals surface area contributed by atoms with E-state index in [1.54, 1.807) is 47.8 Å². The van der Waals surface area contributed by atoms with E-state index in [1.807, 2.05) is 51.4 Å². The first kappa shape index (κ1) is 30.0. The molecule has 0 bridgehead atoms. The first-order valence-electron chi connectivity index (χ1n) is 13.0. The number of hydrogen-bond donors (Lipinski definition) is 4. The Bertz CT molecular complexity index is 1340. The van der Waals surface area contributed by atoms with Crippen molar-refractivity contribution in [3.63, 3.8) is 0 Å². The van der Waals surface area contributed by atoms with Crippen molar-refractivity contribution in [2.45, 2.75) is 26.4 Å². The number of hydrogen-bond acceptors (Lipinski definition) is 5. The van der Waals surface area contributed by atoms with Gasteiger partial charge in [-0.2, -0.15) is 5.43 Å². The van der Waals surface area contributed by atoms with Crippen molar-refractivity contribution < 1.29 is 28.5 Å². The molecule has 12 nitrogen and oxygen atoms in total. The second kappa shape index (κ2) is 13.5. The van der Waals surface area contributed by atoms with Crippen molar-refractivity contribution in [2.24, 2.45) is 14.1 Å². The maximum atomic E-state index is 12.9.